The Morgan fingerprint density at radius 3 is 2.73 bits per heavy atom. The summed E-state index contributed by atoms with van der Waals surface area (Å²) in [5.74, 6) is 0.991. The number of hydrogen-bond donors (Lipinski definition) is 1. The fourth-order valence-corrected chi connectivity index (χ4v) is 2.35. The van der Waals surface area contributed by atoms with E-state index in [1.165, 1.54) is 21.6 Å². The molecule has 0 aliphatic heterocycles. The van der Waals surface area contributed by atoms with Crippen LogP contribution >= 0.6 is 11.8 Å². The van der Waals surface area contributed by atoms with Gasteiger partial charge < -0.3 is 5.32 Å². The third kappa shape index (κ3) is 4.10. The molecular formula is C13H19NS. The molecule has 0 unspecified atom stereocenters. The van der Waals surface area contributed by atoms with Crippen molar-refractivity contribution in [1.82, 2.24) is 5.32 Å². The van der Waals surface area contributed by atoms with Gasteiger partial charge in [0.05, 0.1) is 0 Å². The first-order chi connectivity index (χ1) is 7.13. The van der Waals surface area contributed by atoms with E-state index >= 15 is 0 Å². The lowest BCUT2D eigenvalue weighted by Crippen LogP contribution is -2.10. The zero-order chi connectivity index (χ0) is 11.3. The Bertz CT molecular complexity index is 344. The predicted molar refractivity (Wildman–Crippen MR) is 69.7 cm³/mol. The molecule has 0 spiro atoms. The van der Waals surface area contributed by atoms with E-state index in [0.29, 0.717) is 0 Å². The maximum atomic E-state index is 4.02. The van der Waals surface area contributed by atoms with Crippen LogP contribution in [0.1, 0.15) is 11.1 Å². The van der Waals surface area contributed by atoms with Gasteiger partial charge in [-0.05, 0) is 32.5 Å². The molecule has 0 saturated heterocycles. The van der Waals surface area contributed by atoms with Crippen molar-refractivity contribution in [3.63, 3.8) is 0 Å². The third-order valence-electron chi connectivity index (χ3n) is 2.19. The molecule has 0 aromatic heterocycles. The molecule has 0 fully saturated rings. The number of benzene rings is 1. The number of thioether (sulfide) groups is 1. The third-order valence-corrected chi connectivity index (χ3v) is 3.51. The zero-order valence-electron chi connectivity index (χ0n) is 9.76. The highest BCUT2D eigenvalue weighted by Gasteiger charge is 2.00. The highest BCUT2D eigenvalue weighted by atomic mass is 32.2. The van der Waals surface area contributed by atoms with Crippen molar-refractivity contribution in [2.75, 3.05) is 19.3 Å². The van der Waals surface area contributed by atoms with Crippen molar-refractivity contribution >= 4 is 11.8 Å². The number of likely N-dealkylation sites (N-methyl/N-ethyl adjacent to an activating group) is 1. The summed E-state index contributed by atoms with van der Waals surface area (Å²) in [7, 11) is 1.95. The average Bonchev–Trinajstić information content (AvgIpc) is 2.17. The first-order valence-electron chi connectivity index (χ1n) is 5.15. The van der Waals surface area contributed by atoms with Gasteiger partial charge in [-0.15, -0.1) is 11.8 Å². The second-order valence-corrected chi connectivity index (χ2v) is 4.86. The van der Waals surface area contributed by atoms with Crippen LogP contribution < -0.4 is 5.32 Å². The number of aryl methyl sites for hydroxylation is 2. The molecule has 2 heteroatoms. The predicted octanol–water partition coefficient (Wildman–Crippen LogP) is 3.17. The van der Waals surface area contributed by atoms with Gasteiger partial charge in [0.15, 0.2) is 0 Å². The van der Waals surface area contributed by atoms with E-state index in [1.807, 2.05) is 18.8 Å². The van der Waals surface area contributed by atoms with Crippen molar-refractivity contribution in [2.24, 2.45) is 0 Å². The van der Waals surface area contributed by atoms with Gasteiger partial charge in [-0.25, -0.2) is 0 Å². The minimum atomic E-state index is 0.901. The summed E-state index contributed by atoms with van der Waals surface area (Å²) in [4.78, 5) is 1.36. The summed E-state index contributed by atoms with van der Waals surface area (Å²) in [5.41, 5.74) is 3.92. The first kappa shape index (κ1) is 12.3. The first-order valence-corrected chi connectivity index (χ1v) is 6.13. The lowest BCUT2D eigenvalue weighted by Gasteiger charge is -2.08. The molecule has 1 N–H and O–H groups in total. The monoisotopic (exact) mass is 221 g/mol. The van der Waals surface area contributed by atoms with Crippen molar-refractivity contribution in [1.29, 1.82) is 0 Å². The standard InChI is InChI=1S/C13H19NS/c1-10-5-6-13(12(3)7-10)15-9-11(2)8-14-4/h5-7,14H,2,8-9H2,1,3-4H3. The molecule has 0 heterocycles. The van der Waals surface area contributed by atoms with E-state index in [9.17, 15) is 0 Å². The molecule has 0 aliphatic rings. The van der Waals surface area contributed by atoms with E-state index < -0.39 is 0 Å². The van der Waals surface area contributed by atoms with Gasteiger partial charge >= 0.3 is 0 Å². The van der Waals surface area contributed by atoms with Gasteiger partial charge in [-0.1, -0.05) is 29.8 Å². The van der Waals surface area contributed by atoms with Crippen LogP contribution in [0.5, 0.6) is 0 Å². The molecule has 0 radical (unpaired) electrons. The smallest absolute Gasteiger partial charge is 0.0200 e. The quantitative estimate of drug-likeness (QED) is 0.605. The summed E-state index contributed by atoms with van der Waals surface area (Å²) in [5, 5.41) is 3.11. The Morgan fingerprint density at radius 2 is 2.13 bits per heavy atom. The number of hydrogen-bond acceptors (Lipinski definition) is 2. The maximum Gasteiger partial charge on any atom is 0.0200 e. The van der Waals surface area contributed by atoms with E-state index in [-0.39, 0.29) is 0 Å². The summed E-state index contributed by atoms with van der Waals surface area (Å²) in [6, 6.07) is 6.58. The van der Waals surface area contributed by atoms with Crippen LogP contribution in [-0.2, 0) is 0 Å². The van der Waals surface area contributed by atoms with Gasteiger partial charge in [-0.3, -0.25) is 0 Å². The minimum Gasteiger partial charge on any atom is -0.316 e. The Morgan fingerprint density at radius 1 is 1.40 bits per heavy atom. The molecule has 1 aromatic rings. The largest absolute Gasteiger partial charge is 0.316 e. The fourth-order valence-electron chi connectivity index (χ4n) is 1.44. The summed E-state index contributed by atoms with van der Waals surface area (Å²) >= 11 is 1.86. The fraction of sp³-hybridized carbons (Fsp3) is 0.385. The summed E-state index contributed by atoms with van der Waals surface area (Å²) in [6.45, 7) is 9.21. The van der Waals surface area contributed by atoms with Gasteiger partial charge in [-0.2, -0.15) is 0 Å². The lowest BCUT2D eigenvalue weighted by molar-refractivity contribution is 0.885. The molecule has 0 amide bonds. The van der Waals surface area contributed by atoms with Crippen molar-refractivity contribution in [3.05, 3.63) is 41.5 Å². The van der Waals surface area contributed by atoms with Crippen LogP contribution in [0.2, 0.25) is 0 Å². The highest BCUT2D eigenvalue weighted by Crippen LogP contribution is 2.24. The molecule has 1 rings (SSSR count). The maximum absolute atomic E-state index is 4.02. The van der Waals surface area contributed by atoms with Gasteiger partial charge in [0.1, 0.15) is 0 Å². The summed E-state index contributed by atoms with van der Waals surface area (Å²) in [6.07, 6.45) is 0. The molecule has 1 aromatic carbocycles. The number of nitrogens with one attached hydrogen (secondary N) is 1. The SMILES string of the molecule is C=C(CNC)CSc1ccc(C)cc1C. The second kappa shape index (κ2) is 5.99. The van der Waals surface area contributed by atoms with E-state index in [1.54, 1.807) is 0 Å². The van der Waals surface area contributed by atoms with Crippen molar-refractivity contribution in [2.45, 2.75) is 18.7 Å². The van der Waals surface area contributed by atoms with Crippen LogP contribution in [0.15, 0.2) is 35.2 Å². The number of rotatable bonds is 5. The van der Waals surface area contributed by atoms with E-state index in [4.69, 9.17) is 0 Å². The molecule has 1 nitrogen and oxygen atoms in total. The van der Waals surface area contributed by atoms with E-state index in [0.717, 1.165) is 12.3 Å². The van der Waals surface area contributed by atoms with Crippen LogP contribution in [0.25, 0.3) is 0 Å². The van der Waals surface area contributed by atoms with Gasteiger partial charge in [0.25, 0.3) is 0 Å². The van der Waals surface area contributed by atoms with E-state index in [2.05, 4.69) is 43.9 Å². The zero-order valence-corrected chi connectivity index (χ0v) is 10.6. The molecule has 0 aliphatic carbocycles. The highest BCUT2D eigenvalue weighted by molar-refractivity contribution is 7.99. The Labute approximate surface area is 97.0 Å². The lowest BCUT2D eigenvalue weighted by atomic mass is 10.2. The minimum absolute atomic E-state index is 0.901. The molecule has 0 atom stereocenters. The van der Waals surface area contributed by atoms with Gasteiger partial charge in [0.2, 0.25) is 0 Å². The molecular weight excluding hydrogens is 202 g/mol. The van der Waals surface area contributed by atoms with Gasteiger partial charge in [0, 0.05) is 17.2 Å². The average molecular weight is 221 g/mol. The summed E-state index contributed by atoms with van der Waals surface area (Å²) < 4.78 is 0. The van der Waals surface area contributed by atoms with Crippen LogP contribution in [-0.4, -0.2) is 19.3 Å². The van der Waals surface area contributed by atoms with Crippen molar-refractivity contribution < 1.29 is 0 Å². The molecule has 15 heavy (non-hydrogen) atoms. The molecule has 0 saturated carbocycles. The Balaban J connectivity index is 2.54. The molecule has 0 bridgehead atoms. The van der Waals surface area contributed by atoms with Crippen molar-refractivity contribution in [3.8, 4) is 0 Å². The van der Waals surface area contributed by atoms with Crippen LogP contribution in [0, 0.1) is 13.8 Å². The Hall–Kier alpha value is -0.730. The molecule has 82 valence electrons. The Kier molecular flexibility index (Phi) is 4.92. The van der Waals surface area contributed by atoms with Crippen LogP contribution in [0.4, 0.5) is 0 Å². The normalized spacial score (nSPS) is 10.3. The van der Waals surface area contributed by atoms with Crippen LogP contribution in [0.3, 0.4) is 0 Å². The second-order valence-electron chi connectivity index (χ2n) is 3.84. The topological polar surface area (TPSA) is 12.0 Å².